The van der Waals surface area contributed by atoms with E-state index >= 15 is 0 Å². The van der Waals surface area contributed by atoms with E-state index < -0.39 is 12.0 Å². The van der Waals surface area contributed by atoms with Crippen molar-refractivity contribution in [3.8, 4) is 0 Å². The number of nitrogens with zero attached hydrogens (tertiary/aromatic N) is 1. The fourth-order valence-corrected chi connectivity index (χ4v) is 3.22. The predicted octanol–water partition coefficient (Wildman–Crippen LogP) is 4.12. The molecule has 0 saturated carbocycles. The van der Waals surface area contributed by atoms with Crippen LogP contribution in [0.3, 0.4) is 0 Å². The number of unbranched alkanes of at least 4 members (excludes halogenated alkanes) is 10. The topological polar surface area (TPSA) is 69.6 Å². The maximum absolute atomic E-state index is 11.8. The number of carboxylic acid groups (broad SMARTS) is 1. The molecule has 5 nitrogen and oxygen atoms in total. The average Bonchev–Trinajstić information content (AvgIpc) is 2.58. The zero-order valence-corrected chi connectivity index (χ0v) is 17.7. The Morgan fingerprint density at radius 3 is 1.77 bits per heavy atom. The molecule has 1 amide bonds. The molecule has 0 aliphatic rings. The SMILES string of the molecule is CN(C)CCCCCCCCCCCCCC(=O)NC(CCS)C(=O)O. The van der Waals surface area contributed by atoms with E-state index in [0.717, 1.165) is 19.3 Å². The molecule has 0 aromatic carbocycles. The zero-order chi connectivity index (χ0) is 19.6. The van der Waals surface area contributed by atoms with Gasteiger partial charge in [0, 0.05) is 6.42 Å². The van der Waals surface area contributed by atoms with E-state index in [1.807, 2.05) is 0 Å². The first-order valence-electron chi connectivity index (χ1n) is 10.2. The monoisotopic (exact) mass is 388 g/mol. The van der Waals surface area contributed by atoms with Crippen LogP contribution in [0.15, 0.2) is 0 Å². The van der Waals surface area contributed by atoms with E-state index in [0.29, 0.717) is 18.6 Å². The Balaban J connectivity index is 3.37. The van der Waals surface area contributed by atoms with Gasteiger partial charge in [-0.15, -0.1) is 0 Å². The van der Waals surface area contributed by atoms with Crippen LogP contribution < -0.4 is 5.32 Å². The van der Waals surface area contributed by atoms with Gasteiger partial charge in [0.2, 0.25) is 5.91 Å². The first-order valence-corrected chi connectivity index (χ1v) is 10.9. The lowest BCUT2D eigenvalue weighted by Crippen LogP contribution is -2.40. The van der Waals surface area contributed by atoms with Gasteiger partial charge in [0.15, 0.2) is 0 Å². The average molecular weight is 389 g/mol. The number of rotatable bonds is 18. The van der Waals surface area contributed by atoms with Gasteiger partial charge in [-0.05, 0) is 45.7 Å². The smallest absolute Gasteiger partial charge is 0.326 e. The number of amides is 1. The van der Waals surface area contributed by atoms with Crippen LogP contribution in [-0.4, -0.2) is 54.3 Å². The molecule has 0 bridgehead atoms. The molecule has 154 valence electrons. The van der Waals surface area contributed by atoms with Gasteiger partial charge in [-0.25, -0.2) is 4.79 Å². The molecule has 2 N–H and O–H groups in total. The molecule has 0 saturated heterocycles. The number of aliphatic carboxylic acids is 1. The van der Waals surface area contributed by atoms with Crippen LogP contribution in [-0.2, 0) is 9.59 Å². The van der Waals surface area contributed by atoms with Gasteiger partial charge in [-0.3, -0.25) is 4.79 Å². The van der Waals surface area contributed by atoms with Crippen molar-refractivity contribution >= 4 is 24.5 Å². The van der Waals surface area contributed by atoms with E-state index in [1.54, 1.807) is 0 Å². The quantitative estimate of drug-likeness (QED) is 0.244. The number of carbonyl (C=O) groups excluding carboxylic acids is 1. The molecule has 6 heteroatoms. The second-order valence-electron chi connectivity index (χ2n) is 7.41. The number of hydrogen-bond donors (Lipinski definition) is 3. The molecular weight excluding hydrogens is 348 g/mol. The lowest BCUT2D eigenvalue weighted by Gasteiger charge is -2.13. The summed E-state index contributed by atoms with van der Waals surface area (Å²) < 4.78 is 0. The molecule has 0 rings (SSSR count). The Kier molecular flexibility index (Phi) is 17.1. The molecular formula is C20H40N2O3S. The van der Waals surface area contributed by atoms with Crippen LogP contribution in [0.5, 0.6) is 0 Å². The summed E-state index contributed by atoms with van der Waals surface area (Å²) in [7, 11) is 4.26. The molecule has 0 radical (unpaired) electrons. The fraction of sp³-hybridized carbons (Fsp3) is 0.900. The van der Waals surface area contributed by atoms with Crippen molar-refractivity contribution in [3.05, 3.63) is 0 Å². The molecule has 0 fully saturated rings. The van der Waals surface area contributed by atoms with Gasteiger partial charge in [0.25, 0.3) is 0 Å². The van der Waals surface area contributed by atoms with E-state index in [1.165, 1.54) is 57.9 Å². The van der Waals surface area contributed by atoms with Crippen molar-refractivity contribution in [1.29, 1.82) is 0 Å². The van der Waals surface area contributed by atoms with Gasteiger partial charge in [-0.1, -0.05) is 57.8 Å². The predicted molar refractivity (Wildman–Crippen MR) is 112 cm³/mol. The second kappa shape index (κ2) is 17.7. The molecule has 0 aliphatic carbocycles. The third-order valence-corrected chi connectivity index (χ3v) is 4.82. The highest BCUT2D eigenvalue weighted by molar-refractivity contribution is 7.80. The van der Waals surface area contributed by atoms with Crippen LogP contribution in [0.1, 0.15) is 83.5 Å². The standard InChI is InChI=1S/C20H40N2O3S/c1-22(2)16-13-11-9-7-5-3-4-6-8-10-12-14-19(23)21-18(15-17-26)20(24)25/h18,26H,3-17H2,1-2H3,(H,21,23)(H,24,25). The first-order chi connectivity index (χ1) is 12.5. The Hall–Kier alpha value is -0.750. The van der Waals surface area contributed by atoms with Crippen molar-refractivity contribution in [2.45, 2.75) is 89.5 Å². The summed E-state index contributed by atoms with van der Waals surface area (Å²) >= 11 is 4.02. The summed E-state index contributed by atoms with van der Waals surface area (Å²) in [6, 6.07) is -0.803. The number of thiol groups is 1. The minimum atomic E-state index is -0.981. The summed E-state index contributed by atoms with van der Waals surface area (Å²) in [5.41, 5.74) is 0. The Labute approximate surface area is 165 Å². The van der Waals surface area contributed by atoms with Gasteiger partial charge in [0.1, 0.15) is 6.04 Å². The normalized spacial score (nSPS) is 12.3. The summed E-state index contributed by atoms with van der Waals surface area (Å²) in [6.07, 6.45) is 14.4. The highest BCUT2D eigenvalue weighted by Crippen LogP contribution is 2.12. The van der Waals surface area contributed by atoms with Crippen molar-refractivity contribution in [2.24, 2.45) is 0 Å². The maximum Gasteiger partial charge on any atom is 0.326 e. The maximum atomic E-state index is 11.8. The lowest BCUT2D eigenvalue weighted by molar-refractivity contribution is -0.141. The largest absolute Gasteiger partial charge is 0.480 e. The summed E-state index contributed by atoms with van der Waals surface area (Å²) in [5.74, 6) is -0.689. The van der Waals surface area contributed by atoms with Crippen molar-refractivity contribution in [2.75, 3.05) is 26.4 Å². The van der Waals surface area contributed by atoms with Crippen molar-refractivity contribution < 1.29 is 14.7 Å². The zero-order valence-electron chi connectivity index (χ0n) is 16.8. The molecule has 0 heterocycles. The number of carboxylic acids is 1. The van der Waals surface area contributed by atoms with Crippen molar-refractivity contribution in [3.63, 3.8) is 0 Å². The Bertz CT molecular complexity index is 365. The molecule has 0 aromatic heterocycles. The Morgan fingerprint density at radius 2 is 1.35 bits per heavy atom. The molecule has 1 atom stereocenters. The van der Waals surface area contributed by atoms with Crippen LogP contribution in [0, 0.1) is 0 Å². The summed E-state index contributed by atoms with van der Waals surface area (Å²) in [5, 5.41) is 11.6. The molecule has 0 aromatic rings. The van der Waals surface area contributed by atoms with Crippen LogP contribution in [0.25, 0.3) is 0 Å². The number of carbonyl (C=O) groups is 2. The number of hydrogen-bond acceptors (Lipinski definition) is 4. The van der Waals surface area contributed by atoms with E-state index in [2.05, 4.69) is 36.9 Å². The fourth-order valence-electron chi connectivity index (χ4n) is 2.96. The molecule has 1 unspecified atom stereocenters. The van der Waals surface area contributed by atoms with Crippen LogP contribution in [0.2, 0.25) is 0 Å². The molecule has 26 heavy (non-hydrogen) atoms. The first kappa shape index (κ1) is 25.2. The molecule has 0 aliphatic heterocycles. The van der Waals surface area contributed by atoms with E-state index in [4.69, 9.17) is 5.11 Å². The van der Waals surface area contributed by atoms with Crippen LogP contribution >= 0.6 is 12.6 Å². The highest BCUT2D eigenvalue weighted by atomic mass is 32.1. The third-order valence-electron chi connectivity index (χ3n) is 4.56. The van der Waals surface area contributed by atoms with Gasteiger partial charge in [-0.2, -0.15) is 12.6 Å². The van der Waals surface area contributed by atoms with Crippen molar-refractivity contribution in [1.82, 2.24) is 10.2 Å². The second-order valence-corrected chi connectivity index (χ2v) is 7.86. The summed E-state index contributed by atoms with van der Waals surface area (Å²) in [6.45, 7) is 1.20. The van der Waals surface area contributed by atoms with E-state index in [9.17, 15) is 9.59 Å². The Morgan fingerprint density at radius 1 is 0.885 bits per heavy atom. The van der Waals surface area contributed by atoms with Gasteiger partial charge in [0.05, 0.1) is 0 Å². The van der Waals surface area contributed by atoms with Gasteiger partial charge >= 0.3 is 5.97 Å². The minimum Gasteiger partial charge on any atom is -0.480 e. The molecule has 0 spiro atoms. The number of nitrogens with one attached hydrogen (secondary N) is 1. The van der Waals surface area contributed by atoms with E-state index in [-0.39, 0.29) is 5.91 Å². The highest BCUT2D eigenvalue weighted by Gasteiger charge is 2.18. The summed E-state index contributed by atoms with van der Waals surface area (Å²) in [4.78, 5) is 25.0. The third kappa shape index (κ3) is 16.7. The minimum absolute atomic E-state index is 0.159. The lowest BCUT2D eigenvalue weighted by atomic mass is 10.0. The van der Waals surface area contributed by atoms with Crippen LogP contribution in [0.4, 0.5) is 0 Å². The van der Waals surface area contributed by atoms with Gasteiger partial charge < -0.3 is 15.3 Å².